The molecule has 23 heavy (non-hydrogen) atoms. The second kappa shape index (κ2) is 8.13. The molecule has 4 nitrogen and oxygen atoms in total. The minimum Gasteiger partial charge on any atom is -0.480 e. The van der Waals surface area contributed by atoms with E-state index < -0.39 is 5.97 Å². The number of benzene rings is 2. The van der Waals surface area contributed by atoms with Crippen molar-refractivity contribution in [2.45, 2.75) is 26.3 Å². The van der Waals surface area contributed by atoms with Gasteiger partial charge in [0.25, 0.3) is 0 Å². The molecule has 0 atom stereocenters. The highest BCUT2D eigenvalue weighted by atomic mass is 16.4. The molecule has 2 rings (SSSR count). The lowest BCUT2D eigenvalue weighted by molar-refractivity contribution is -0.144. The molecule has 2 aromatic rings. The molecular weight excluding hydrogens is 290 g/mol. The minimum atomic E-state index is -0.996. The Morgan fingerprint density at radius 2 is 1.70 bits per heavy atom. The second-order valence-corrected chi connectivity index (χ2v) is 5.62. The smallest absolute Gasteiger partial charge is 0.323 e. The van der Waals surface area contributed by atoms with Crippen LogP contribution >= 0.6 is 0 Å². The number of nitrogens with zero attached hydrogens (tertiary/aromatic N) is 1. The highest BCUT2D eigenvalue weighted by molar-refractivity contribution is 5.81. The fraction of sp³-hybridized carbons (Fsp3) is 0.263. The van der Waals surface area contributed by atoms with Gasteiger partial charge < -0.3 is 10.0 Å². The Bertz CT molecular complexity index is 667. The van der Waals surface area contributed by atoms with E-state index in [9.17, 15) is 9.59 Å². The molecule has 0 bridgehead atoms. The van der Waals surface area contributed by atoms with Crippen LogP contribution in [0.1, 0.15) is 23.1 Å². The Morgan fingerprint density at radius 1 is 1.00 bits per heavy atom. The zero-order chi connectivity index (χ0) is 16.7. The largest absolute Gasteiger partial charge is 0.480 e. The fourth-order valence-electron chi connectivity index (χ4n) is 2.48. The standard InChI is InChI=1S/C19H21NO3/c1-15-6-5-9-16(12-15)10-11-18(21)20(14-19(22)23)13-17-7-3-2-4-8-17/h2-9,12H,10-11,13-14H2,1H3,(H,22,23). The number of hydrogen-bond acceptors (Lipinski definition) is 2. The topological polar surface area (TPSA) is 57.6 Å². The minimum absolute atomic E-state index is 0.141. The summed E-state index contributed by atoms with van der Waals surface area (Å²) in [6.45, 7) is 2.05. The normalized spacial score (nSPS) is 10.3. The van der Waals surface area contributed by atoms with Crippen molar-refractivity contribution in [2.75, 3.05) is 6.54 Å². The third kappa shape index (κ3) is 5.58. The molecule has 4 heteroatoms. The van der Waals surface area contributed by atoms with E-state index in [1.54, 1.807) is 0 Å². The van der Waals surface area contributed by atoms with E-state index in [1.807, 2.05) is 61.5 Å². The summed E-state index contributed by atoms with van der Waals surface area (Å²) >= 11 is 0. The molecule has 0 aliphatic rings. The summed E-state index contributed by atoms with van der Waals surface area (Å²) in [5, 5.41) is 9.04. The molecule has 0 unspecified atom stereocenters. The summed E-state index contributed by atoms with van der Waals surface area (Å²) in [4.78, 5) is 24.8. The molecule has 0 saturated carbocycles. The van der Waals surface area contributed by atoms with Gasteiger partial charge in [-0.2, -0.15) is 0 Å². The van der Waals surface area contributed by atoms with Crippen molar-refractivity contribution in [1.29, 1.82) is 0 Å². The summed E-state index contributed by atoms with van der Waals surface area (Å²) < 4.78 is 0. The highest BCUT2D eigenvalue weighted by Gasteiger charge is 2.17. The van der Waals surface area contributed by atoms with Gasteiger partial charge in [-0.15, -0.1) is 0 Å². The van der Waals surface area contributed by atoms with Gasteiger partial charge in [-0.05, 0) is 24.5 Å². The molecular formula is C19H21NO3. The predicted octanol–water partition coefficient (Wildman–Crippen LogP) is 3.04. The van der Waals surface area contributed by atoms with E-state index in [1.165, 1.54) is 4.90 Å². The molecule has 0 aromatic heterocycles. The van der Waals surface area contributed by atoms with Crippen LogP contribution in [-0.2, 0) is 22.6 Å². The lowest BCUT2D eigenvalue weighted by Gasteiger charge is -2.21. The number of aryl methyl sites for hydroxylation is 2. The zero-order valence-electron chi connectivity index (χ0n) is 13.2. The Hall–Kier alpha value is -2.62. The van der Waals surface area contributed by atoms with Crippen LogP contribution in [0.5, 0.6) is 0 Å². The number of rotatable bonds is 7. The van der Waals surface area contributed by atoms with Crippen LogP contribution in [-0.4, -0.2) is 28.4 Å². The number of amides is 1. The van der Waals surface area contributed by atoms with Gasteiger partial charge in [0, 0.05) is 13.0 Å². The van der Waals surface area contributed by atoms with E-state index in [2.05, 4.69) is 0 Å². The Labute approximate surface area is 136 Å². The quantitative estimate of drug-likeness (QED) is 0.855. The first-order valence-corrected chi connectivity index (χ1v) is 7.63. The highest BCUT2D eigenvalue weighted by Crippen LogP contribution is 2.10. The van der Waals surface area contributed by atoms with Crippen molar-refractivity contribution < 1.29 is 14.7 Å². The molecule has 0 fully saturated rings. The van der Waals surface area contributed by atoms with Gasteiger partial charge in [0.05, 0.1) is 0 Å². The van der Waals surface area contributed by atoms with Crippen LogP contribution in [0.4, 0.5) is 0 Å². The first kappa shape index (κ1) is 16.7. The molecule has 120 valence electrons. The van der Waals surface area contributed by atoms with Gasteiger partial charge in [0.15, 0.2) is 0 Å². The molecule has 1 amide bonds. The van der Waals surface area contributed by atoms with Crippen molar-refractivity contribution in [3.63, 3.8) is 0 Å². The summed E-state index contributed by atoms with van der Waals surface area (Å²) in [5.74, 6) is -1.14. The molecule has 0 spiro atoms. The monoisotopic (exact) mass is 311 g/mol. The van der Waals surface area contributed by atoms with Crippen LogP contribution < -0.4 is 0 Å². The first-order chi connectivity index (χ1) is 11.0. The molecule has 0 saturated heterocycles. The summed E-state index contributed by atoms with van der Waals surface area (Å²) in [6, 6.07) is 17.4. The molecule has 0 radical (unpaired) electrons. The number of aliphatic carboxylic acids is 1. The molecule has 0 aliphatic heterocycles. The van der Waals surface area contributed by atoms with Crippen molar-refractivity contribution >= 4 is 11.9 Å². The third-order valence-electron chi connectivity index (χ3n) is 3.61. The maximum Gasteiger partial charge on any atom is 0.323 e. The predicted molar refractivity (Wildman–Crippen MR) is 89.0 cm³/mol. The van der Waals surface area contributed by atoms with Crippen LogP contribution in [0.25, 0.3) is 0 Å². The maximum absolute atomic E-state index is 12.4. The van der Waals surface area contributed by atoms with Gasteiger partial charge in [-0.25, -0.2) is 0 Å². The average molecular weight is 311 g/mol. The SMILES string of the molecule is Cc1cccc(CCC(=O)N(CC(=O)O)Cc2ccccc2)c1. The van der Waals surface area contributed by atoms with Gasteiger partial charge in [-0.3, -0.25) is 9.59 Å². The number of carbonyl (C=O) groups is 2. The number of carboxylic acid groups (broad SMARTS) is 1. The Kier molecular flexibility index (Phi) is 5.92. The van der Waals surface area contributed by atoms with Gasteiger partial charge in [0.1, 0.15) is 6.54 Å². The first-order valence-electron chi connectivity index (χ1n) is 7.63. The molecule has 1 N–H and O–H groups in total. The fourth-order valence-corrected chi connectivity index (χ4v) is 2.48. The Morgan fingerprint density at radius 3 is 2.35 bits per heavy atom. The van der Waals surface area contributed by atoms with Gasteiger partial charge in [0.2, 0.25) is 5.91 Å². The van der Waals surface area contributed by atoms with Crippen LogP contribution in [0, 0.1) is 6.92 Å². The summed E-state index contributed by atoms with van der Waals surface area (Å²) in [6.07, 6.45) is 0.926. The third-order valence-corrected chi connectivity index (χ3v) is 3.61. The molecule has 0 heterocycles. The van der Waals surface area contributed by atoms with Crippen molar-refractivity contribution in [3.05, 3.63) is 71.3 Å². The number of carbonyl (C=O) groups excluding carboxylic acids is 1. The molecule has 0 aliphatic carbocycles. The number of carboxylic acids is 1. The second-order valence-electron chi connectivity index (χ2n) is 5.62. The maximum atomic E-state index is 12.4. The van der Waals surface area contributed by atoms with E-state index in [4.69, 9.17) is 5.11 Å². The van der Waals surface area contributed by atoms with Crippen molar-refractivity contribution in [3.8, 4) is 0 Å². The van der Waals surface area contributed by atoms with E-state index in [0.717, 1.165) is 16.7 Å². The lowest BCUT2D eigenvalue weighted by atomic mass is 10.1. The van der Waals surface area contributed by atoms with E-state index in [-0.39, 0.29) is 12.5 Å². The van der Waals surface area contributed by atoms with Crippen molar-refractivity contribution in [2.24, 2.45) is 0 Å². The van der Waals surface area contributed by atoms with Gasteiger partial charge >= 0.3 is 5.97 Å². The average Bonchev–Trinajstić information content (AvgIpc) is 2.52. The van der Waals surface area contributed by atoms with E-state index >= 15 is 0 Å². The van der Waals surface area contributed by atoms with Crippen LogP contribution in [0.2, 0.25) is 0 Å². The molecule has 2 aromatic carbocycles. The summed E-state index contributed by atoms with van der Waals surface area (Å²) in [5.41, 5.74) is 3.17. The van der Waals surface area contributed by atoms with Gasteiger partial charge in [-0.1, -0.05) is 60.2 Å². The van der Waals surface area contributed by atoms with Crippen molar-refractivity contribution in [1.82, 2.24) is 4.90 Å². The summed E-state index contributed by atoms with van der Waals surface area (Å²) in [7, 11) is 0. The lowest BCUT2D eigenvalue weighted by Crippen LogP contribution is -2.35. The van der Waals surface area contributed by atoms with Crippen LogP contribution in [0.3, 0.4) is 0 Å². The number of hydrogen-bond donors (Lipinski definition) is 1. The zero-order valence-corrected chi connectivity index (χ0v) is 13.2. The van der Waals surface area contributed by atoms with E-state index in [0.29, 0.717) is 19.4 Å². The van der Waals surface area contributed by atoms with Crippen LogP contribution in [0.15, 0.2) is 54.6 Å². The Balaban J connectivity index is 2.00.